The molecule has 23 heavy (non-hydrogen) atoms. The number of rotatable bonds is 10. The van der Waals surface area contributed by atoms with Crippen LogP contribution in [-0.2, 0) is 6.54 Å². The fraction of sp³-hybridized carbons (Fsp3) is 0.667. The van der Waals surface area contributed by atoms with Gasteiger partial charge in [0.2, 0.25) is 0 Å². The number of aryl methyl sites for hydroxylation is 1. The summed E-state index contributed by atoms with van der Waals surface area (Å²) in [6.07, 6.45) is 5.59. The fourth-order valence-corrected chi connectivity index (χ4v) is 2.41. The van der Waals surface area contributed by atoms with Crippen molar-refractivity contribution in [3.63, 3.8) is 0 Å². The topological polar surface area (TPSA) is 58.4 Å². The largest absolute Gasteiger partial charge is 0.357 e. The quantitative estimate of drug-likeness (QED) is 0.396. The highest BCUT2D eigenvalue weighted by molar-refractivity contribution is 5.79. The van der Waals surface area contributed by atoms with Crippen LogP contribution >= 0.6 is 0 Å². The Morgan fingerprint density at radius 2 is 1.96 bits per heavy atom. The summed E-state index contributed by atoms with van der Waals surface area (Å²) in [6.45, 7) is 9.66. The van der Waals surface area contributed by atoms with Crippen LogP contribution in [-0.4, -0.2) is 30.2 Å². The number of hydrogen-bond acceptors (Lipinski definition) is 2. The Bertz CT molecular complexity index is 522. The average molecular weight is 320 g/mol. The Morgan fingerprint density at radius 1 is 1.13 bits per heavy atom. The lowest BCUT2D eigenvalue weighted by molar-refractivity contribution is 0.574. The molecule has 0 saturated carbocycles. The van der Waals surface area contributed by atoms with E-state index >= 15 is 0 Å². The number of unbranched alkanes of at least 4 members (excludes halogenated alkanes) is 3. The molecule has 0 aliphatic heterocycles. The molecule has 2 N–H and O–H groups in total. The van der Waals surface area contributed by atoms with Gasteiger partial charge in [-0.2, -0.15) is 0 Å². The number of aliphatic imine (C=N–C) groups is 1. The summed E-state index contributed by atoms with van der Waals surface area (Å²) < 4.78 is 1.84. The van der Waals surface area contributed by atoms with Gasteiger partial charge in [0.05, 0.1) is 0 Å². The predicted molar refractivity (Wildman–Crippen MR) is 98.2 cm³/mol. The van der Waals surface area contributed by atoms with Crippen molar-refractivity contribution in [1.82, 2.24) is 15.2 Å². The zero-order valence-electron chi connectivity index (χ0n) is 14.9. The minimum atomic E-state index is 0.0868. The molecule has 1 rings (SSSR count). The molecule has 0 unspecified atom stereocenters. The molecule has 0 aliphatic carbocycles. The lowest BCUT2D eigenvalue weighted by Crippen LogP contribution is -2.38. The van der Waals surface area contributed by atoms with E-state index in [1.807, 2.05) is 23.6 Å². The van der Waals surface area contributed by atoms with E-state index in [1.54, 1.807) is 6.07 Å². The maximum absolute atomic E-state index is 11.8. The Balaban J connectivity index is 2.29. The molecule has 5 heteroatoms. The highest BCUT2D eigenvalue weighted by atomic mass is 16.1. The number of nitrogens with zero attached hydrogens (tertiary/aromatic N) is 2. The van der Waals surface area contributed by atoms with Gasteiger partial charge >= 0.3 is 0 Å². The van der Waals surface area contributed by atoms with Crippen LogP contribution in [0.5, 0.6) is 0 Å². The van der Waals surface area contributed by atoms with E-state index in [1.165, 1.54) is 12.8 Å². The summed E-state index contributed by atoms with van der Waals surface area (Å²) in [7, 11) is 0. The third-order valence-corrected chi connectivity index (χ3v) is 3.74. The zero-order chi connectivity index (χ0) is 16.9. The molecule has 0 saturated heterocycles. The van der Waals surface area contributed by atoms with Crippen LogP contribution in [0.25, 0.3) is 0 Å². The number of aromatic nitrogens is 1. The van der Waals surface area contributed by atoms with Crippen molar-refractivity contribution in [3.05, 3.63) is 34.2 Å². The van der Waals surface area contributed by atoms with Crippen LogP contribution in [0.4, 0.5) is 0 Å². The molecule has 0 aromatic carbocycles. The summed E-state index contributed by atoms with van der Waals surface area (Å²) >= 11 is 0. The summed E-state index contributed by atoms with van der Waals surface area (Å²) in [4.78, 5) is 16.4. The van der Waals surface area contributed by atoms with Gasteiger partial charge in [0.1, 0.15) is 0 Å². The van der Waals surface area contributed by atoms with E-state index < -0.39 is 0 Å². The predicted octanol–water partition coefficient (Wildman–Crippen LogP) is 2.68. The summed E-state index contributed by atoms with van der Waals surface area (Å²) in [5.41, 5.74) is 1.11. The molecule has 1 heterocycles. The molecule has 130 valence electrons. The summed E-state index contributed by atoms with van der Waals surface area (Å²) in [5, 5.41) is 6.63. The van der Waals surface area contributed by atoms with Gasteiger partial charge in [-0.15, -0.1) is 0 Å². The number of pyridine rings is 1. The monoisotopic (exact) mass is 320 g/mol. The molecule has 1 aromatic rings. The van der Waals surface area contributed by atoms with E-state index in [0.717, 1.165) is 57.1 Å². The van der Waals surface area contributed by atoms with Gasteiger partial charge < -0.3 is 15.2 Å². The first-order valence-electron chi connectivity index (χ1n) is 8.87. The average Bonchev–Trinajstić information content (AvgIpc) is 2.53. The second kappa shape index (κ2) is 11.7. The third-order valence-electron chi connectivity index (χ3n) is 3.74. The molecule has 0 aliphatic rings. The van der Waals surface area contributed by atoms with Crippen LogP contribution < -0.4 is 16.2 Å². The molecular formula is C18H32N4O. The molecule has 0 amide bonds. The molecular weight excluding hydrogens is 288 g/mol. The molecule has 0 bridgehead atoms. The van der Waals surface area contributed by atoms with Gasteiger partial charge in [-0.25, -0.2) is 0 Å². The number of hydrogen-bond donors (Lipinski definition) is 2. The molecule has 0 fully saturated rings. The van der Waals surface area contributed by atoms with Gasteiger partial charge in [0, 0.05) is 37.9 Å². The Morgan fingerprint density at radius 3 is 2.65 bits per heavy atom. The van der Waals surface area contributed by atoms with Crippen LogP contribution in [0.1, 0.15) is 51.6 Å². The highest BCUT2D eigenvalue weighted by Gasteiger charge is 2.00. The lowest BCUT2D eigenvalue weighted by atomic mass is 10.2. The number of guanidine groups is 1. The third kappa shape index (κ3) is 7.86. The van der Waals surface area contributed by atoms with Gasteiger partial charge in [0.25, 0.3) is 5.56 Å². The van der Waals surface area contributed by atoms with Crippen molar-refractivity contribution in [3.8, 4) is 0 Å². The Hall–Kier alpha value is -1.78. The SMILES string of the molecule is CCCCCN=C(NCC)NCCCCn1c(C)cccc1=O. The van der Waals surface area contributed by atoms with Gasteiger partial charge in [-0.1, -0.05) is 25.8 Å². The zero-order valence-corrected chi connectivity index (χ0v) is 14.9. The van der Waals surface area contributed by atoms with Crippen LogP contribution in [0, 0.1) is 6.92 Å². The molecule has 0 atom stereocenters. The standard InChI is InChI=1S/C18H32N4O/c1-4-6-7-13-20-18(19-5-2)21-14-8-9-15-22-16(3)11-10-12-17(22)23/h10-12H,4-9,13-15H2,1-3H3,(H2,19,20,21). The van der Waals surface area contributed by atoms with E-state index in [4.69, 9.17) is 0 Å². The van der Waals surface area contributed by atoms with Gasteiger partial charge in [-0.05, 0) is 39.2 Å². The lowest BCUT2D eigenvalue weighted by Gasteiger charge is -2.12. The van der Waals surface area contributed by atoms with Crippen molar-refractivity contribution in [2.75, 3.05) is 19.6 Å². The Kier molecular flexibility index (Phi) is 9.84. The molecule has 5 nitrogen and oxygen atoms in total. The molecule has 0 spiro atoms. The van der Waals surface area contributed by atoms with Crippen molar-refractivity contribution in [1.29, 1.82) is 0 Å². The minimum absolute atomic E-state index is 0.0868. The maximum Gasteiger partial charge on any atom is 0.250 e. The fourth-order valence-electron chi connectivity index (χ4n) is 2.41. The van der Waals surface area contributed by atoms with E-state index in [0.29, 0.717) is 0 Å². The van der Waals surface area contributed by atoms with E-state index in [-0.39, 0.29) is 5.56 Å². The smallest absolute Gasteiger partial charge is 0.250 e. The second-order valence-corrected chi connectivity index (χ2v) is 5.76. The van der Waals surface area contributed by atoms with Crippen molar-refractivity contribution in [2.24, 2.45) is 4.99 Å². The Labute approximate surface area is 140 Å². The molecule has 0 radical (unpaired) electrons. The molecule has 1 aromatic heterocycles. The van der Waals surface area contributed by atoms with E-state index in [9.17, 15) is 4.79 Å². The van der Waals surface area contributed by atoms with Gasteiger partial charge in [0.15, 0.2) is 5.96 Å². The minimum Gasteiger partial charge on any atom is -0.357 e. The van der Waals surface area contributed by atoms with E-state index in [2.05, 4.69) is 29.5 Å². The van der Waals surface area contributed by atoms with Crippen molar-refractivity contribution < 1.29 is 0 Å². The van der Waals surface area contributed by atoms with Crippen molar-refractivity contribution in [2.45, 2.75) is 59.4 Å². The summed E-state index contributed by atoms with van der Waals surface area (Å²) in [6, 6.07) is 5.41. The highest BCUT2D eigenvalue weighted by Crippen LogP contribution is 1.98. The van der Waals surface area contributed by atoms with Crippen LogP contribution in [0.2, 0.25) is 0 Å². The normalized spacial score (nSPS) is 11.5. The van der Waals surface area contributed by atoms with Gasteiger partial charge in [-0.3, -0.25) is 9.79 Å². The van der Waals surface area contributed by atoms with Crippen molar-refractivity contribution >= 4 is 5.96 Å². The maximum atomic E-state index is 11.8. The number of nitrogens with one attached hydrogen (secondary N) is 2. The first kappa shape index (κ1) is 19.3. The first-order chi connectivity index (χ1) is 11.2. The van der Waals surface area contributed by atoms with Crippen LogP contribution in [0.15, 0.2) is 28.0 Å². The summed E-state index contributed by atoms with van der Waals surface area (Å²) in [5.74, 6) is 0.900. The second-order valence-electron chi connectivity index (χ2n) is 5.76. The first-order valence-corrected chi connectivity index (χ1v) is 8.87. The van der Waals surface area contributed by atoms with Crippen LogP contribution in [0.3, 0.4) is 0 Å².